The van der Waals surface area contributed by atoms with Crippen molar-refractivity contribution >= 4 is 5.96 Å². The molecule has 0 bridgehead atoms. The van der Waals surface area contributed by atoms with Gasteiger partial charge >= 0.3 is 0 Å². The number of methoxy groups -OCH3 is 1. The topological polar surface area (TPSA) is 48.9 Å². The molecule has 0 saturated carbocycles. The van der Waals surface area contributed by atoms with Crippen LogP contribution in [-0.4, -0.2) is 57.2 Å². The van der Waals surface area contributed by atoms with Gasteiger partial charge in [-0.25, -0.2) is 0 Å². The van der Waals surface area contributed by atoms with Crippen molar-refractivity contribution < 1.29 is 4.74 Å². The maximum absolute atomic E-state index is 5.22. The molecule has 1 atom stereocenters. The maximum Gasteiger partial charge on any atom is 0.191 e. The summed E-state index contributed by atoms with van der Waals surface area (Å²) < 4.78 is 5.22. The third kappa shape index (κ3) is 7.34. The summed E-state index contributed by atoms with van der Waals surface area (Å²) in [4.78, 5) is 6.94. The van der Waals surface area contributed by atoms with Gasteiger partial charge in [-0.15, -0.1) is 0 Å². The lowest BCUT2D eigenvalue weighted by Crippen LogP contribution is -2.44. The predicted octanol–water partition coefficient (Wildman–Crippen LogP) is 3.08. The third-order valence-electron chi connectivity index (χ3n) is 4.73. The minimum Gasteiger partial charge on any atom is -0.497 e. The molecule has 5 nitrogen and oxygen atoms in total. The van der Waals surface area contributed by atoms with E-state index in [4.69, 9.17) is 9.73 Å². The Kier molecular flexibility index (Phi) is 8.76. The lowest BCUT2D eigenvalue weighted by atomic mass is 9.98. The normalized spacial score (nSPS) is 13.7. The Morgan fingerprint density at radius 3 is 2.36 bits per heavy atom. The van der Waals surface area contributed by atoms with Gasteiger partial charge in [0.25, 0.3) is 0 Å². The number of nitrogens with one attached hydrogen (secondary N) is 2. The molecule has 0 fully saturated rings. The molecule has 0 spiro atoms. The van der Waals surface area contributed by atoms with Gasteiger partial charge in [-0.2, -0.15) is 0 Å². The molecule has 25 heavy (non-hydrogen) atoms. The van der Waals surface area contributed by atoms with Crippen molar-refractivity contribution in [3.05, 3.63) is 29.8 Å². The summed E-state index contributed by atoms with van der Waals surface area (Å²) in [6, 6.07) is 8.33. The van der Waals surface area contributed by atoms with Crippen molar-refractivity contribution in [3.8, 4) is 5.75 Å². The smallest absolute Gasteiger partial charge is 0.191 e. The van der Waals surface area contributed by atoms with E-state index in [-0.39, 0.29) is 5.54 Å². The number of guanidine groups is 1. The Hall–Kier alpha value is -1.75. The Morgan fingerprint density at radius 1 is 1.20 bits per heavy atom. The zero-order valence-corrected chi connectivity index (χ0v) is 17.0. The molecular weight excluding hydrogens is 312 g/mol. The minimum atomic E-state index is 0.0404. The molecule has 2 N–H and O–H groups in total. The number of rotatable bonds is 9. The van der Waals surface area contributed by atoms with Crippen molar-refractivity contribution in [2.75, 3.05) is 40.8 Å². The molecule has 1 aromatic rings. The summed E-state index contributed by atoms with van der Waals surface area (Å²) in [5, 5.41) is 6.78. The first-order valence-corrected chi connectivity index (χ1v) is 9.13. The largest absolute Gasteiger partial charge is 0.497 e. The van der Waals surface area contributed by atoms with E-state index in [0.29, 0.717) is 5.92 Å². The molecule has 0 aliphatic heterocycles. The maximum atomic E-state index is 5.22. The van der Waals surface area contributed by atoms with Crippen molar-refractivity contribution in [2.24, 2.45) is 4.99 Å². The van der Waals surface area contributed by atoms with Crippen LogP contribution in [0.3, 0.4) is 0 Å². The molecule has 0 aliphatic carbocycles. The van der Waals surface area contributed by atoms with Gasteiger partial charge in [0.15, 0.2) is 5.96 Å². The van der Waals surface area contributed by atoms with Crippen LogP contribution in [0.4, 0.5) is 0 Å². The van der Waals surface area contributed by atoms with E-state index in [2.05, 4.69) is 69.5 Å². The highest BCUT2D eigenvalue weighted by Gasteiger charge is 2.19. The summed E-state index contributed by atoms with van der Waals surface area (Å²) in [5.41, 5.74) is 1.37. The standard InChI is InChI=1S/C20H36N4O/c1-8-21-19(23-15-20(3,4)24(5)6)22-14-13-16(2)17-9-11-18(25-7)12-10-17/h9-12,16H,8,13-15H2,1-7H3,(H2,21,22,23). The molecule has 1 rings (SSSR count). The average Bonchev–Trinajstić information content (AvgIpc) is 2.59. The molecule has 0 heterocycles. The summed E-state index contributed by atoms with van der Waals surface area (Å²) in [6.45, 7) is 11.3. The van der Waals surface area contributed by atoms with Crippen molar-refractivity contribution in [2.45, 2.75) is 45.6 Å². The van der Waals surface area contributed by atoms with E-state index in [1.54, 1.807) is 7.11 Å². The van der Waals surface area contributed by atoms with E-state index >= 15 is 0 Å². The molecule has 142 valence electrons. The fourth-order valence-corrected chi connectivity index (χ4v) is 2.26. The molecule has 5 heteroatoms. The molecule has 0 aromatic heterocycles. The van der Waals surface area contributed by atoms with Crippen LogP contribution in [0.5, 0.6) is 5.75 Å². The first-order chi connectivity index (χ1) is 11.8. The van der Waals surface area contributed by atoms with Crippen LogP contribution >= 0.6 is 0 Å². The highest BCUT2D eigenvalue weighted by molar-refractivity contribution is 5.79. The predicted molar refractivity (Wildman–Crippen MR) is 108 cm³/mol. The second kappa shape index (κ2) is 10.3. The average molecular weight is 349 g/mol. The van der Waals surface area contributed by atoms with E-state index in [1.165, 1.54) is 5.56 Å². The molecular formula is C20H36N4O. The Morgan fingerprint density at radius 2 is 1.84 bits per heavy atom. The Balaban J connectivity index is 2.53. The highest BCUT2D eigenvalue weighted by Crippen LogP contribution is 2.21. The van der Waals surface area contributed by atoms with Gasteiger partial charge in [0.05, 0.1) is 13.7 Å². The lowest BCUT2D eigenvalue weighted by Gasteiger charge is -2.31. The van der Waals surface area contributed by atoms with Gasteiger partial charge in [0.1, 0.15) is 5.75 Å². The van der Waals surface area contributed by atoms with Gasteiger partial charge < -0.3 is 20.3 Å². The van der Waals surface area contributed by atoms with Crippen LogP contribution in [-0.2, 0) is 0 Å². The minimum absolute atomic E-state index is 0.0404. The summed E-state index contributed by atoms with van der Waals surface area (Å²) in [6.07, 6.45) is 1.05. The molecule has 1 unspecified atom stereocenters. The quantitative estimate of drug-likeness (QED) is 0.532. The number of hydrogen-bond acceptors (Lipinski definition) is 3. The van der Waals surface area contributed by atoms with Crippen molar-refractivity contribution in [3.63, 3.8) is 0 Å². The van der Waals surface area contributed by atoms with E-state index in [9.17, 15) is 0 Å². The SMILES string of the molecule is CCNC(=NCC(C)(C)N(C)C)NCCC(C)c1ccc(OC)cc1. The van der Waals surface area contributed by atoms with Crippen LogP contribution in [0.2, 0.25) is 0 Å². The van der Waals surface area contributed by atoms with Gasteiger partial charge in [-0.3, -0.25) is 4.99 Å². The number of nitrogens with zero attached hydrogens (tertiary/aromatic N) is 2. The van der Waals surface area contributed by atoms with Crippen molar-refractivity contribution in [1.82, 2.24) is 15.5 Å². The lowest BCUT2D eigenvalue weighted by molar-refractivity contribution is 0.204. The molecule has 0 amide bonds. The number of aliphatic imine (C=N–C) groups is 1. The zero-order chi connectivity index (χ0) is 18.9. The third-order valence-corrected chi connectivity index (χ3v) is 4.73. The Labute approximate surface area is 153 Å². The first-order valence-electron chi connectivity index (χ1n) is 9.13. The molecule has 0 radical (unpaired) electrons. The summed E-state index contributed by atoms with van der Waals surface area (Å²) >= 11 is 0. The van der Waals surface area contributed by atoms with Crippen LogP contribution in [0.25, 0.3) is 0 Å². The van der Waals surface area contributed by atoms with Crippen LogP contribution < -0.4 is 15.4 Å². The second-order valence-electron chi connectivity index (χ2n) is 7.29. The van der Waals surface area contributed by atoms with E-state index in [1.807, 2.05) is 12.1 Å². The van der Waals surface area contributed by atoms with Gasteiger partial charge in [0.2, 0.25) is 0 Å². The zero-order valence-electron chi connectivity index (χ0n) is 17.0. The van der Waals surface area contributed by atoms with E-state index in [0.717, 1.165) is 37.8 Å². The van der Waals surface area contributed by atoms with Gasteiger partial charge in [0, 0.05) is 18.6 Å². The fraction of sp³-hybridized carbons (Fsp3) is 0.650. The second-order valence-corrected chi connectivity index (χ2v) is 7.29. The van der Waals surface area contributed by atoms with Crippen LogP contribution in [0, 0.1) is 0 Å². The fourth-order valence-electron chi connectivity index (χ4n) is 2.26. The number of hydrogen-bond donors (Lipinski definition) is 2. The van der Waals surface area contributed by atoms with Crippen molar-refractivity contribution in [1.29, 1.82) is 0 Å². The summed E-state index contributed by atoms with van der Waals surface area (Å²) in [5.74, 6) is 2.28. The molecule has 0 aliphatic rings. The highest BCUT2D eigenvalue weighted by atomic mass is 16.5. The van der Waals surface area contributed by atoms with Crippen LogP contribution in [0.1, 0.15) is 45.6 Å². The van der Waals surface area contributed by atoms with E-state index < -0.39 is 0 Å². The number of benzene rings is 1. The van der Waals surface area contributed by atoms with Crippen LogP contribution in [0.15, 0.2) is 29.3 Å². The molecule has 0 saturated heterocycles. The van der Waals surface area contributed by atoms with Gasteiger partial charge in [-0.05, 0) is 64.9 Å². The monoisotopic (exact) mass is 348 g/mol. The summed E-state index contributed by atoms with van der Waals surface area (Å²) in [7, 11) is 5.88. The number of likely N-dealkylation sites (N-methyl/N-ethyl adjacent to an activating group) is 1. The van der Waals surface area contributed by atoms with Gasteiger partial charge in [-0.1, -0.05) is 19.1 Å². The first kappa shape index (κ1) is 21.3. The number of ether oxygens (including phenoxy) is 1. The Bertz CT molecular complexity index is 523. The molecule has 1 aromatic carbocycles.